The molecule has 0 atom stereocenters. The largest absolute Gasteiger partial charge is 0.466 e. The summed E-state index contributed by atoms with van der Waals surface area (Å²) < 4.78 is 4.56. The Hall–Kier alpha value is -1.57. The van der Waals surface area contributed by atoms with E-state index in [0.29, 0.717) is 0 Å². The summed E-state index contributed by atoms with van der Waals surface area (Å²) in [5.41, 5.74) is 3.15. The van der Waals surface area contributed by atoms with Gasteiger partial charge in [-0.15, -0.1) is 0 Å². The van der Waals surface area contributed by atoms with Gasteiger partial charge in [0.2, 0.25) is 0 Å². The van der Waals surface area contributed by atoms with Crippen molar-refractivity contribution in [1.29, 1.82) is 0 Å². The van der Waals surface area contributed by atoms with Crippen LogP contribution in [0, 0.1) is 6.92 Å². The first-order valence-corrected chi connectivity index (χ1v) is 4.47. The average molecular weight is 190 g/mol. The molecule has 1 aromatic carbocycles. The highest BCUT2D eigenvalue weighted by Gasteiger charge is 1.99. The molecule has 1 aromatic rings. The molecule has 0 unspecified atom stereocenters. The predicted octanol–water partition coefficient (Wildman–Crippen LogP) is 2.57. The van der Waals surface area contributed by atoms with Gasteiger partial charge in [0, 0.05) is 6.08 Å². The van der Waals surface area contributed by atoms with Crippen molar-refractivity contribution >= 4 is 11.5 Å². The third-order valence-corrected chi connectivity index (χ3v) is 2.01. The van der Waals surface area contributed by atoms with Gasteiger partial charge in [-0.3, -0.25) is 0 Å². The smallest absolute Gasteiger partial charge is 0.330 e. The van der Waals surface area contributed by atoms with E-state index in [1.54, 1.807) is 0 Å². The van der Waals surface area contributed by atoms with Gasteiger partial charge in [-0.2, -0.15) is 0 Å². The summed E-state index contributed by atoms with van der Waals surface area (Å²) in [6, 6.07) is 8.00. The second-order valence-electron chi connectivity index (χ2n) is 3.22. The van der Waals surface area contributed by atoms with Crippen LogP contribution in [-0.4, -0.2) is 13.1 Å². The molecule has 1 rings (SSSR count). The van der Waals surface area contributed by atoms with Crippen molar-refractivity contribution in [1.82, 2.24) is 0 Å². The Balaban J connectivity index is 2.94. The van der Waals surface area contributed by atoms with Crippen molar-refractivity contribution in [3.05, 3.63) is 41.5 Å². The Kier molecular flexibility index (Phi) is 3.46. The molecule has 0 fully saturated rings. The third-order valence-electron chi connectivity index (χ3n) is 2.01. The highest BCUT2D eigenvalue weighted by Crippen LogP contribution is 2.14. The number of benzene rings is 1. The molecule has 0 N–H and O–H groups in total. The van der Waals surface area contributed by atoms with Crippen molar-refractivity contribution in [2.45, 2.75) is 13.8 Å². The van der Waals surface area contributed by atoms with E-state index in [9.17, 15) is 4.79 Å². The molecule has 74 valence electrons. The monoisotopic (exact) mass is 190 g/mol. The van der Waals surface area contributed by atoms with Crippen LogP contribution >= 0.6 is 0 Å². The first-order valence-electron chi connectivity index (χ1n) is 4.47. The molecule has 0 radical (unpaired) electrons. The lowest BCUT2D eigenvalue weighted by atomic mass is 10.1. The molecular formula is C12H14O2. The molecule has 0 saturated heterocycles. The summed E-state index contributed by atoms with van der Waals surface area (Å²) in [4.78, 5) is 11.0. The van der Waals surface area contributed by atoms with Crippen molar-refractivity contribution in [3.63, 3.8) is 0 Å². The Labute approximate surface area is 84.2 Å². The minimum Gasteiger partial charge on any atom is -0.466 e. The summed E-state index contributed by atoms with van der Waals surface area (Å²) in [5.74, 6) is -0.316. The van der Waals surface area contributed by atoms with E-state index in [0.717, 1.165) is 11.1 Å². The van der Waals surface area contributed by atoms with Gasteiger partial charge in [-0.1, -0.05) is 29.8 Å². The quantitative estimate of drug-likeness (QED) is 0.529. The molecule has 2 heteroatoms. The van der Waals surface area contributed by atoms with Crippen LogP contribution in [0.3, 0.4) is 0 Å². The molecule has 0 aliphatic rings. The summed E-state index contributed by atoms with van der Waals surface area (Å²) in [7, 11) is 1.38. The number of esters is 1. The van der Waals surface area contributed by atoms with Crippen LogP contribution in [-0.2, 0) is 9.53 Å². The number of hydrogen-bond acceptors (Lipinski definition) is 2. The third kappa shape index (κ3) is 2.73. The molecule has 14 heavy (non-hydrogen) atoms. The van der Waals surface area contributed by atoms with E-state index in [2.05, 4.69) is 4.74 Å². The van der Waals surface area contributed by atoms with Gasteiger partial charge >= 0.3 is 5.97 Å². The highest BCUT2D eigenvalue weighted by molar-refractivity contribution is 5.90. The summed E-state index contributed by atoms with van der Waals surface area (Å²) in [5, 5.41) is 0. The standard InChI is InChI=1S/C12H14O2/c1-9-5-4-6-11(7-9)10(2)8-12(13)14-3/h4-8H,1-3H3/b10-8+. The Morgan fingerprint density at radius 2 is 2.14 bits per heavy atom. The zero-order chi connectivity index (χ0) is 10.6. The van der Waals surface area contributed by atoms with Gasteiger partial charge in [0.1, 0.15) is 0 Å². The normalized spacial score (nSPS) is 11.2. The molecule has 0 saturated carbocycles. The van der Waals surface area contributed by atoms with Crippen LogP contribution in [0.15, 0.2) is 30.3 Å². The van der Waals surface area contributed by atoms with Crippen LogP contribution in [0.4, 0.5) is 0 Å². The van der Waals surface area contributed by atoms with E-state index in [-0.39, 0.29) is 5.97 Å². The van der Waals surface area contributed by atoms with Gasteiger partial charge in [-0.25, -0.2) is 4.79 Å². The minimum absolute atomic E-state index is 0.316. The topological polar surface area (TPSA) is 26.3 Å². The Morgan fingerprint density at radius 3 is 2.71 bits per heavy atom. The maximum atomic E-state index is 11.0. The molecule has 0 spiro atoms. The number of allylic oxidation sites excluding steroid dienone is 1. The van der Waals surface area contributed by atoms with E-state index >= 15 is 0 Å². The summed E-state index contributed by atoms with van der Waals surface area (Å²) in [6.07, 6.45) is 1.49. The minimum atomic E-state index is -0.316. The first-order chi connectivity index (χ1) is 6.63. The molecule has 0 aromatic heterocycles. The van der Waals surface area contributed by atoms with Crippen LogP contribution in [0.25, 0.3) is 5.57 Å². The Morgan fingerprint density at radius 1 is 1.43 bits per heavy atom. The van der Waals surface area contributed by atoms with Crippen molar-refractivity contribution in [2.24, 2.45) is 0 Å². The van der Waals surface area contributed by atoms with Gasteiger partial charge < -0.3 is 4.74 Å². The summed E-state index contributed by atoms with van der Waals surface area (Å²) >= 11 is 0. The van der Waals surface area contributed by atoms with Crippen LogP contribution < -0.4 is 0 Å². The number of aryl methyl sites for hydroxylation is 1. The van der Waals surface area contributed by atoms with Crippen LogP contribution in [0.1, 0.15) is 18.1 Å². The van der Waals surface area contributed by atoms with E-state index in [4.69, 9.17) is 0 Å². The van der Waals surface area contributed by atoms with Gasteiger partial charge in [0.25, 0.3) is 0 Å². The highest BCUT2D eigenvalue weighted by atomic mass is 16.5. The Bertz CT molecular complexity index is 364. The van der Waals surface area contributed by atoms with E-state index in [1.165, 1.54) is 18.7 Å². The zero-order valence-electron chi connectivity index (χ0n) is 8.70. The lowest BCUT2D eigenvalue weighted by molar-refractivity contribution is -0.134. The predicted molar refractivity (Wildman–Crippen MR) is 56.8 cm³/mol. The molecule has 0 aliphatic carbocycles. The molecule has 0 bridgehead atoms. The van der Waals surface area contributed by atoms with E-state index in [1.807, 2.05) is 38.1 Å². The molecule has 2 nitrogen and oxygen atoms in total. The summed E-state index contributed by atoms with van der Waals surface area (Å²) in [6.45, 7) is 3.92. The fourth-order valence-electron chi connectivity index (χ4n) is 1.21. The molecule has 0 aliphatic heterocycles. The van der Waals surface area contributed by atoms with Crippen LogP contribution in [0.2, 0.25) is 0 Å². The maximum Gasteiger partial charge on any atom is 0.330 e. The van der Waals surface area contributed by atoms with Gasteiger partial charge in [-0.05, 0) is 25.0 Å². The molecular weight excluding hydrogens is 176 g/mol. The zero-order valence-corrected chi connectivity index (χ0v) is 8.70. The maximum absolute atomic E-state index is 11.0. The fourth-order valence-corrected chi connectivity index (χ4v) is 1.21. The number of ether oxygens (including phenoxy) is 1. The number of carbonyl (C=O) groups excluding carboxylic acids is 1. The number of rotatable bonds is 2. The van der Waals surface area contributed by atoms with Gasteiger partial charge in [0.15, 0.2) is 0 Å². The van der Waals surface area contributed by atoms with Crippen molar-refractivity contribution in [2.75, 3.05) is 7.11 Å². The van der Waals surface area contributed by atoms with E-state index < -0.39 is 0 Å². The lowest BCUT2D eigenvalue weighted by Gasteiger charge is -2.02. The second kappa shape index (κ2) is 4.61. The fraction of sp³-hybridized carbons (Fsp3) is 0.250. The first kappa shape index (κ1) is 10.5. The SMILES string of the molecule is COC(=O)/C=C(\C)c1cccc(C)c1. The van der Waals surface area contributed by atoms with Crippen molar-refractivity contribution in [3.8, 4) is 0 Å². The number of methoxy groups -OCH3 is 1. The number of hydrogen-bond donors (Lipinski definition) is 0. The second-order valence-corrected chi connectivity index (χ2v) is 3.22. The van der Waals surface area contributed by atoms with Gasteiger partial charge in [0.05, 0.1) is 7.11 Å². The van der Waals surface area contributed by atoms with Crippen LogP contribution in [0.5, 0.6) is 0 Å². The lowest BCUT2D eigenvalue weighted by Crippen LogP contribution is -1.95. The average Bonchev–Trinajstić information content (AvgIpc) is 2.17. The number of carbonyl (C=O) groups is 1. The molecule has 0 heterocycles. The van der Waals surface area contributed by atoms with Crippen molar-refractivity contribution < 1.29 is 9.53 Å². The molecule has 0 amide bonds.